The fourth-order valence-corrected chi connectivity index (χ4v) is 3.76. The highest BCUT2D eigenvalue weighted by atomic mass is 16.2. The second kappa shape index (κ2) is 14.4. The molecule has 0 saturated heterocycles. The molecule has 0 bridgehead atoms. The summed E-state index contributed by atoms with van der Waals surface area (Å²) in [7, 11) is 1.57. The molecule has 1 atom stereocenters. The largest absolute Gasteiger partial charge is 0.368 e. The van der Waals surface area contributed by atoms with Gasteiger partial charge < -0.3 is 20.9 Å². The first-order chi connectivity index (χ1) is 17.5. The lowest BCUT2D eigenvalue weighted by molar-refractivity contribution is -0.144. The summed E-state index contributed by atoms with van der Waals surface area (Å²) >= 11 is 0. The molecule has 37 heavy (non-hydrogen) atoms. The van der Waals surface area contributed by atoms with E-state index in [1.807, 2.05) is 12.4 Å². The third-order valence-electron chi connectivity index (χ3n) is 5.79. The zero-order valence-electron chi connectivity index (χ0n) is 22.9. The Hall–Kier alpha value is -3.35. The van der Waals surface area contributed by atoms with Crippen LogP contribution in [0.25, 0.3) is 0 Å². The molecule has 1 unspecified atom stereocenters. The van der Waals surface area contributed by atoms with Crippen LogP contribution in [0.3, 0.4) is 0 Å². The van der Waals surface area contributed by atoms with E-state index in [2.05, 4.69) is 53.6 Å². The quantitative estimate of drug-likeness (QED) is 0.287. The second-order valence-electron chi connectivity index (χ2n) is 10.2. The van der Waals surface area contributed by atoms with Gasteiger partial charge in [0.25, 0.3) is 0 Å². The minimum Gasteiger partial charge on any atom is -0.368 e. The van der Waals surface area contributed by atoms with Gasteiger partial charge in [0.05, 0.1) is 37.6 Å². The number of carbonyl (C=O) groups excluding carboxylic acids is 3. The number of nitrogens with one attached hydrogen (secondary N) is 1. The molecule has 0 aliphatic carbocycles. The molecule has 13 nitrogen and oxygen atoms in total. The van der Waals surface area contributed by atoms with Crippen LogP contribution in [0.5, 0.6) is 0 Å². The van der Waals surface area contributed by atoms with Crippen LogP contribution in [0.2, 0.25) is 0 Å². The van der Waals surface area contributed by atoms with E-state index in [0.29, 0.717) is 31.5 Å². The number of hydrogen-bond acceptors (Lipinski definition) is 8. The number of nitrogens with two attached hydrogens (primary N) is 1. The zero-order chi connectivity index (χ0) is 27.5. The molecule has 2 aromatic heterocycles. The van der Waals surface area contributed by atoms with Gasteiger partial charge in [0.2, 0.25) is 17.7 Å². The molecule has 0 aliphatic heterocycles. The van der Waals surface area contributed by atoms with E-state index in [9.17, 15) is 14.4 Å². The van der Waals surface area contributed by atoms with Gasteiger partial charge in [0, 0.05) is 32.5 Å². The molecule has 2 aromatic rings. The van der Waals surface area contributed by atoms with Gasteiger partial charge in [-0.2, -0.15) is 0 Å². The van der Waals surface area contributed by atoms with Crippen LogP contribution in [-0.2, 0) is 40.3 Å². The van der Waals surface area contributed by atoms with E-state index in [-0.39, 0.29) is 31.4 Å². The molecule has 13 heteroatoms. The van der Waals surface area contributed by atoms with Crippen LogP contribution in [0.1, 0.15) is 46.0 Å². The normalized spacial score (nSPS) is 12.2. The number of rotatable bonds is 16. The Labute approximate surface area is 218 Å². The van der Waals surface area contributed by atoms with Gasteiger partial charge in [-0.1, -0.05) is 38.1 Å². The van der Waals surface area contributed by atoms with Gasteiger partial charge >= 0.3 is 0 Å². The van der Waals surface area contributed by atoms with E-state index in [1.165, 1.54) is 9.80 Å². The fraction of sp³-hybridized carbons (Fsp3) is 0.708. The Kier molecular flexibility index (Phi) is 11.6. The predicted octanol–water partition coefficient (Wildman–Crippen LogP) is -0.283. The van der Waals surface area contributed by atoms with E-state index in [1.54, 1.807) is 23.3 Å². The Morgan fingerprint density at radius 3 is 2.00 bits per heavy atom. The lowest BCUT2D eigenvalue weighted by Gasteiger charge is -2.30. The van der Waals surface area contributed by atoms with Gasteiger partial charge in [-0.25, -0.2) is 0 Å². The third-order valence-corrected chi connectivity index (χ3v) is 5.79. The molecular weight excluding hydrogens is 476 g/mol. The molecule has 0 aromatic carbocycles. The van der Waals surface area contributed by atoms with Crippen molar-refractivity contribution < 1.29 is 14.4 Å². The molecule has 2 heterocycles. The molecular formula is C24H42N10O3. The van der Waals surface area contributed by atoms with Gasteiger partial charge in [0.1, 0.15) is 6.04 Å². The number of primary amides is 1. The monoisotopic (exact) mass is 518 g/mol. The first kappa shape index (κ1) is 29.9. The molecule has 2 rings (SSSR count). The highest BCUT2D eigenvalue weighted by molar-refractivity contribution is 5.90. The average molecular weight is 519 g/mol. The summed E-state index contributed by atoms with van der Waals surface area (Å²) in [6.45, 7) is 11.6. The molecule has 3 N–H and O–H groups in total. The number of hydrogen-bond donors (Lipinski definition) is 2. The van der Waals surface area contributed by atoms with Crippen LogP contribution in [-0.4, -0.2) is 96.8 Å². The fourth-order valence-electron chi connectivity index (χ4n) is 3.76. The molecule has 3 amide bonds. The molecule has 0 radical (unpaired) electrons. The topological polar surface area (TPSA) is 157 Å². The Morgan fingerprint density at radius 1 is 0.946 bits per heavy atom. The summed E-state index contributed by atoms with van der Waals surface area (Å²) in [6, 6.07) is -0.769. The van der Waals surface area contributed by atoms with Crippen LogP contribution < -0.4 is 11.1 Å². The Bertz CT molecular complexity index is 1020. The van der Waals surface area contributed by atoms with Crippen molar-refractivity contribution in [2.45, 2.75) is 66.6 Å². The van der Waals surface area contributed by atoms with Crippen molar-refractivity contribution in [1.29, 1.82) is 0 Å². The van der Waals surface area contributed by atoms with Gasteiger partial charge in [-0.15, -0.1) is 10.2 Å². The third kappa shape index (κ3) is 10.3. The molecule has 0 fully saturated rings. The molecule has 206 valence electrons. The summed E-state index contributed by atoms with van der Waals surface area (Å²) in [6.07, 6.45) is 5.42. The van der Waals surface area contributed by atoms with E-state index < -0.39 is 11.9 Å². The highest BCUT2D eigenvalue weighted by Crippen LogP contribution is 2.06. The summed E-state index contributed by atoms with van der Waals surface area (Å²) in [5.41, 5.74) is 7.19. The number of aromatic nitrogens is 6. The van der Waals surface area contributed by atoms with Crippen molar-refractivity contribution >= 4 is 17.7 Å². The van der Waals surface area contributed by atoms with Crippen molar-refractivity contribution in [2.24, 2.45) is 17.6 Å². The summed E-state index contributed by atoms with van der Waals surface area (Å²) < 4.78 is 3.39. The predicted molar refractivity (Wildman–Crippen MR) is 138 cm³/mol. The molecule has 0 spiro atoms. The van der Waals surface area contributed by atoms with E-state index >= 15 is 0 Å². The Balaban J connectivity index is 1.84. The highest BCUT2D eigenvalue weighted by Gasteiger charge is 2.27. The summed E-state index contributed by atoms with van der Waals surface area (Å²) in [4.78, 5) is 40.2. The van der Waals surface area contributed by atoms with Crippen LogP contribution in [0.15, 0.2) is 12.4 Å². The Morgan fingerprint density at radius 2 is 1.49 bits per heavy atom. The summed E-state index contributed by atoms with van der Waals surface area (Å²) in [5.74, 6) is -0.275. The van der Waals surface area contributed by atoms with Crippen LogP contribution >= 0.6 is 0 Å². The van der Waals surface area contributed by atoms with Gasteiger partial charge in [0.15, 0.2) is 0 Å². The first-order valence-corrected chi connectivity index (χ1v) is 12.8. The number of carbonyl (C=O) groups is 3. The maximum absolute atomic E-state index is 13.1. The SMILES string of the molecule is CC(C)Cc1cn(CCNCC(=O)N(C)C(C)C(=O)N(CCn2cc(CC(C)C)nn2)CC(N)=O)nn1. The minimum absolute atomic E-state index is 0.0646. The van der Waals surface area contributed by atoms with E-state index in [4.69, 9.17) is 5.73 Å². The summed E-state index contributed by atoms with van der Waals surface area (Å²) in [5, 5.41) is 19.6. The lowest BCUT2D eigenvalue weighted by atomic mass is 10.1. The van der Waals surface area contributed by atoms with Crippen molar-refractivity contribution in [3.05, 3.63) is 23.8 Å². The zero-order valence-corrected chi connectivity index (χ0v) is 22.9. The number of nitrogens with zero attached hydrogens (tertiary/aromatic N) is 8. The first-order valence-electron chi connectivity index (χ1n) is 12.8. The average Bonchev–Trinajstić information content (AvgIpc) is 3.45. The van der Waals surface area contributed by atoms with Crippen LogP contribution in [0, 0.1) is 11.8 Å². The molecule has 0 aliphatic rings. The minimum atomic E-state index is -0.769. The second-order valence-corrected chi connectivity index (χ2v) is 10.2. The molecule has 0 saturated carbocycles. The number of amides is 3. The maximum atomic E-state index is 13.1. The maximum Gasteiger partial charge on any atom is 0.245 e. The van der Waals surface area contributed by atoms with Gasteiger partial charge in [-0.3, -0.25) is 23.7 Å². The standard InChI is InChI=1S/C24H42N10O3/c1-17(2)11-20-14-33(29-27-20)8-7-26-13-23(36)31(6)19(5)24(37)32(16-22(25)35)9-10-34-15-21(28-30-34)12-18(3)4/h14-15,17-19,26H,7-13,16H2,1-6H3,(H2,25,35). The van der Waals surface area contributed by atoms with Crippen LogP contribution in [0.4, 0.5) is 0 Å². The van der Waals surface area contributed by atoms with Gasteiger partial charge in [-0.05, 0) is 31.6 Å². The van der Waals surface area contributed by atoms with E-state index in [0.717, 1.165) is 24.2 Å². The smallest absolute Gasteiger partial charge is 0.245 e. The van der Waals surface area contributed by atoms with Crippen molar-refractivity contribution in [3.8, 4) is 0 Å². The number of likely N-dealkylation sites (N-methyl/N-ethyl adjacent to an activating group) is 1. The van der Waals surface area contributed by atoms with Crippen molar-refractivity contribution in [2.75, 3.05) is 33.2 Å². The lowest BCUT2D eigenvalue weighted by Crippen LogP contribution is -2.52. The van der Waals surface area contributed by atoms with Crippen molar-refractivity contribution in [1.82, 2.24) is 45.1 Å². The van der Waals surface area contributed by atoms with Crippen molar-refractivity contribution in [3.63, 3.8) is 0 Å².